The molecular formula is C17H20ClNO. The normalized spacial score (nSPS) is 38.8. The Hall–Kier alpha value is -1.02. The Balaban J connectivity index is 1.62. The number of rotatable bonds is 2. The Kier molecular flexibility index (Phi) is 2.85. The molecule has 4 bridgehead atoms. The van der Waals surface area contributed by atoms with Crippen LogP contribution in [0.4, 0.5) is 0 Å². The summed E-state index contributed by atoms with van der Waals surface area (Å²) in [6, 6.07) is 5.14. The van der Waals surface area contributed by atoms with E-state index in [2.05, 4.69) is 0 Å². The number of benzene rings is 1. The first-order chi connectivity index (χ1) is 9.62. The second-order valence-electron chi connectivity index (χ2n) is 7.10. The van der Waals surface area contributed by atoms with E-state index in [0.717, 1.165) is 23.3 Å². The van der Waals surface area contributed by atoms with Gasteiger partial charge in [-0.2, -0.15) is 0 Å². The van der Waals surface area contributed by atoms with Crippen LogP contribution in [-0.2, 0) is 0 Å². The third-order valence-electron chi connectivity index (χ3n) is 5.47. The maximum absolute atomic E-state index is 9.90. The van der Waals surface area contributed by atoms with Crippen LogP contribution in [-0.4, -0.2) is 16.9 Å². The molecule has 0 aliphatic heterocycles. The first kappa shape index (κ1) is 12.7. The second kappa shape index (κ2) is 4.49. The largest absolute Gasteiger partial charge is 0.507 e. The SMILES string of the molecule is Oc1ccc(Cl)cc1C=NC12CC3CC(CC(C3)C1)C2. The van der Waals surface area contributed by atoms with Crippen LogP contribution in [0.25, 0.3) is 0 Å². The molecule has 4 fully saturated rings. The lowest BCUT2D eigenvalue weighted by molar-refractivity contribution is 0.00195. The summed E-state index contributed by atoms with van der Waals surface area (Å²) in [7, 11) is 0. The van der Waals surface area contributed by atoms with E-state index in [9.17, 15) is 5.11 Å². The van der Waals surface area contributed by atoms with Crippen LogP contribution in [0.1, 0.15) is 44.1 Å². The lowest BCUT2D eigenvalue weighted by Crippen LogP contribution is -2.49. The highest BCUT2D eigenvalue weighted by atomic mass is 35.5. The minimum absolute atomic E-state index is 0.156. The van der Waals surface area contributed by atoms with Crippen molar-refractivity contribution in [1.29, 1.82) is 0 Å². The highest BCUT2D eigenvalue weighted by Crippen LogP contribution is 2.57. The highest BCUT2D eigenvalue weighted by molar-refractivity contribution is 6.30. The van der Waals surface area contributed by atoms with Crippen molar-refractivity contribution in [2.45, 2.75) is 44.1 Å². The van der Waals surface area contributed by atoms with Crippen molar-refractivity contribution in [1.82, 2.24) is 0 Å². The molecule has 0 saturated heterocycles. The Labute approximate surface area is 124 Å². The molecule has 4 aliphatic carbocycles. The van der Waals surface area contributed by atoms with Crippen molar-refractivity contribution in [3.63, 3.8) is 0 Å². The van der Waals surface area contributed by atoms with Gasteiger partial charge in [-0.1, -0.05) is 11.6 Å². The summed E-state index contributed by atoms with van der Waals surface area (Å²) in [5.74, 6) is 2.95. The molecule has 0 aromatic heterocycles. The summed E-state index contributed by atoms with van der Waals surface area (Å²) >= 11 is 6.00. The van der Waals surface area contributed by atoms with Crippen molar-refractivity contribution in [2.75, 3.05) is 0 Å². The molecule has 2 nitrogen and oxygen atoms in total. The predicted molar refractivity (Wildman–Crippen MR) is 81.6 cm³/mol. The van der Waals surface area contributed by atoms with Gasteiger partial charge in [-0.25, -0.2) is 0 Å². The van der Waals surface area contributed by atoms with Crippen LogP contribution in [0.2, 0.25) is 5.02 Å². The van der Waals surface area contributed by atoms with Gasteiger partial charge in [0.15, 0.2) is 0 Å². The average Bonchev–Trinajstić information content (AvgIpc) is 2.38. The van der Waals surface area contributed by atoms with Gasteiger partial charge in [-0.05, 0) is 74.5 Å². The molecule has 1 aromatic carbocycles. The van der Waals surface area contributed by atoms with E-state index in [1.807, 2.05) is 6.21 Å². The number of phenolic OH excluding ortho intramolecular Hbond substituents is 1. The Morgan fingerprint density at radius 1 is 1.10 bits per heavy atom. The molecule has 4 saturated carbocycles. The van der Waals surface area contributed by atoms with Crippen LogP contribution in [0.5, 0.6) is 5.75 Å². The molecule has 20 heavy (non-hydrogen) atoms. The zero-order chi connectivity index (χ0) is 13.7. The van der Waals surface area contributed by atoms with E-state index >= 15 is 0 Å². The van der Waals surface area contributed by atoms with Crippen LogP contribution < -0.4 is 0 Å². The third kappa shape index (κ3) is 2.14. The monoisotopic (exact) mass is 289 g/mol. The maximum Gasteiger partial charge on any atom is 0.124 e. The number of phenols is 1. The summed E-state index contributed by atoms with van der Waals surface area (Å²) in [5, 5.41) is 10.5. The van der Waals surface area contributed by atoms with E-state index in [-0.39, 0.29) is 11.3 Å². The van der Waals surface area contributed by atoms with Crippen molar-refractivity contribution < 1.29 is 5.11 Å². The third-order valence-corrected chi connectivity index (χ3v) is 5.71. The molecular weight excluding hydrogens is 270 g/mol. The summed E-state index contributed by atoms with van der Waals surface area (Å²) in [6.07, 6.45) is 9.88. The van der Waals surface area contributed by atoms with Gasteiger partial charge in [0.25, 0.3) is 0 Å². The zero-order valence-corrected chi connectivity index (χ0v) is 12.3. The summed E-state index contributed by atoms with van der Waals surface area (Å²) in [5.41, 5.74) is 0.900. The topological polar surface area (TPSA) is 32.6 Å². The fourth-order valence-corrected chi connectivity index (χ4v) is 5.24. The average molecular weight is 290 g/mol. The van der Waals surface area contributed by atoms with E-state index in [0.29, 0.717) is 5.02 Å². The molecule has 5 rings (SSSR count). The van der Waals surface area contributed by atoms with Crippen LogP contribution in [0.3, 0.4) is 0 Å². The first-order valence-corrected chi connectivity index (χ1v) is 8.03. The fraction of sp³-hybridized carbons (Fsp3) is 0.588. The Bertz CT molecular complexity index is 531. The number of hydrogen-bond donors (Lipinski definition) is 1. The number of halogens is 1. The molecule has 106 valence electrons. The summed E-state index contributed by atoms with van der Waals surface area (Å²) < 4.78 is 0. The molecule has 1 aromatic rings. The number of aromatic hydroxyl groups is 1. The molecule has 1 N–H and O–H groups in total. The smallest absolute Gasteiger partial charge is 0.124 e. The molecule has 0 spiro atoms. The van der Waals surface area contributed by atoms with Crippen molar-refractivity contribution in [3.8, 4) is 5.75 Å². The van der Waals surface area contributed by atoms with E-state index in [1.165, 1.54) is 38.5 Å². The molecule has 3 heteroatoms. The molecule has 0 unspecified atom stereocenters. The Morgan fingerprint density at radius 2 is 1.70 bits per heavy atom. The molecule has 4 aliphatic rings. The fourth-order valence-electron chi connectivity index (χ4n) is 5.06. The highest BCUT2D eigenvalue weighted by Gasteiger charge is 2.50. The predicted octanol–water partition coefficient (Wildman–Crippen LogP) is 4.43. The first-order valence-electron chi connectivity index (χ1n) is 7.66. The van der Waals surface area contributed by atoms with Gasteiger partial charge in [-0.15, -0.1) is 0 Å². The lowest BCUT2D eigenvalue weighted by atomic mass is 9.53. The van der Waals surface area contributed by atoms with Crippen molar-refractivity contribution in [2.24, 2.45) is 22.7 Å². The zero-order valence-electron chi connectivity index (χ0n) is 11.6. The van der Waals surface area contributed by atoms with Gasteiger partial charge in [0, 0.05) is 16.8 Å². The van der Waals surface area contributed by atoms with Crippen LogP contribution >= 0.6 is 11.6 Å². The van der Waals surface area contributed by atoms with Gasteiger partial charge < -0.3 is 5.11 Å². The van der Waals surface area contributed by atoms with Crippen molar-refractivity contribution >= 4 is 17.8 Å². The molecule has 0 atom stereocenters. The van der Waals surface area contributed by atoms with E-state index in [1.54, 1.807) is 18.2 Å². The summed E-state index contributed by atoms with van der Waals surface area (Å²) in [6.45, 7) is 0. The van der Waals surface area contributed by atoms with Gasteiger partial charge >= 0.3 is 0 Å². The second-order valence-corrected chi connectivity index (χ2v) is 7.54. The van der Waals surface area contributed by atoms with Crippen molar-refractivity contribution in [3.05, 3.63) is 28.8 Å². The van der Waals surface area contributed by atoms with Gasteiger partial charge in [0.05, 0.1) is 5.54 Å². The minimum Gasteiger partial charge on any atom is -0.507 e. The standard InChI is InChI=1S/C17H20ClNO/c18-15-1-2-16(20)14(6-15)10-19-17-7-11-3-12(8-17)5-13(4-11)9-17/h1-2,6,10-13,20H,3-5,7-9H2. The quantitative estimate of drug-likeness (QED) is 0.803. The molecule has 0 heterocycles. The lowest BCUT2D eigenvalue weighted by Gasteiger charge is -2.54. The van der Waals surface area contributed by atoms with Gasteiger partial charge in [-0.3, -0.25) is 4.99 Å². The number of aliphatic imine (C=N–C) groups is 1. The minimum atomic E-state index is 0.156. The van der Waals surface area contributed by atoms with Gasteiger partial charge in [0.1, 0.15) is 5.75 Å². The number of hydrogen-bond acceptors (Lipinski definition) is 2. The number of nitrogens with zero attached hydrogens (tertiary/aromatic N) is 1. The van der Waals surface area contributed by atoms with E-state index in [4.69, 9.17) is 16.6 Å². The Morgan fingerprint density at radius 3 is 2.30 bits per heavy atom. The van der Waals surface area contributed by atoms with Crippen LogP contribution in [0.15, 0.2) is 23.2 Å². The van der Waals surface area contributed by atoms with E-state index < -0.39 is 0 Å². The maximum atomic E-state index is 9.90. The van der Waals surface area contributed by atoms with Gasteiger partial charge in [0.2, 0.25) is 0 Å². The molecule has 0 amide bonds. The summed E-state index contributed by atoms with van der Waals surface area (Å²) in [4.78, 5) is 4.94. The molecule has 0 radical (unpaired) electrons. The van der Waals surface area contributed by atoms with Crippen LogP contribution in [0, 0.1) is 17.8 Å².